The molecule has 4 heteroatoms. The van der Waals surface area contributed by atoms with Crippen molar-refractivity contribution in [1.29, 1.82) is 0 Å². The van der Waals surface area contributed by atoms with Gasteiger partial charge < -0.3 is 9.64 Å². The van der Waals surface area contributed by atoms with E-state index in [1.807, 2.05) is 26.8 Å². The summed E-state index contributed by atoms with van der Waals surface area (Å²) in [6, 6.07) is 0. The molecule has 0 spiro atoms. The number of carbonyl (C=O) groups excluding carboxylic acids is 1. The minimum atomic E-state index is -0.442. The molecule has 0 bridgehead atoms. The highest BCUT2D eigenvalue weighted by Gasteiger charge is 2.25. The number of halogens is 1. The van der Waals surface area contributed by atoms with Crippen molar-refractivity contribution in [3.05, 3.63) is 12.2 Å². The number of nitrogens with zero attached hydrogens (tertiary/aromatic N) is 1. The van der Waals surface area contributed by atoms with Gasteiger partial charge in [0.25, 0.3) is 0 Å². The third kappa shape index (κ3) is 5.20. The lowest BCUT2D eigenvalue weighted by atomic mass is 9.97. The quantitative estimate of drug-likeness (QED) is 0.697. The molecule has 0 radical (unpaired) electrons. The van der Waals surface area contributed by atoms with Gasteiger partial charge in [-0.2, -0.15) is 0 Å². The van der Waals surface area contributed by atoms with Crippen LogP contribution in [0, 0.1) is 5.92 Å². The zero-order valence-corrected chi connectivity index (χ0v) is 10.9. The number of likely N-dealkylation sites (tertiary alicyclic amines) is 1. The number of piperidine rings is 1. The molecule has 98 valence electrons. The van der Waals surface area contributed by atoms with Crippen molar-refractivity contribution in [3.8, 4) is 0 Å². The van der Waals surface area contributed by atoms with Gasteiger partial charge in [0.05, 0.1) is 0 Å². The van der Waals surface area contributed by atoms with Crippen molar-refractivity contribution in [2.24, 2.45) is 5.92 Å². The minimum absolute atomic E-state index is 0.245. The third-order valence-corrected chi connectivity index (χ3v) is 2.69. The maximum Gasteiger partial charge on any atom is 0.410 e. The van der Waals surface area contributed by atoms with E-state index in [0.29, 0.717) is 19.0 Å². The van der Waals surface area contributed by atoms with Gasteiger partial charge in [0, 0.05) is 13.1 Å². The van der Waals surface area contributed by atoms with Crippen LogP contribution in [-0.2, 0) is 4.74 Å². The van der Waals surface area contributed by atoms with Crippen molar-refractivity contribution in [2.75, 3.05) is 19.8 Å². The molecule has 0 saturated carbocycles. The van der Waals surface area contributed by atoms with E-state index in [9.17, 15) is 9.18 Å². The first-order chi connectivity index (χ1) is 7.92. The Hall–Kier alpha value is -1.06. The highest BCUT2D eigenvalue weighted by Crippen LogP contribution is 2.20. The summed E-state index contributed by atoms with van der Waals surface area (Å²) in [7, 11) is 0. The first kappa shape index (κ1) is 14.0. The molecule has 0 aromatic carbocycles. The number of allylic oxidation sites excluding steroid dienone is 2. The fourth-order valence-electron chi connectivity index (χ4n) is 1.84. The highest BCUT2D eigenvalue weighted by atomic mass is 19.1. The molecule has 0 unspecified atom stereocenters. The number of ether oxygens (including phenoxy) is 1. The average molecular weight is 243 g/mol. The number of alkyl halides is 1. The predicted octanol–water partition coefficient (Wildman–Crippen LogP) is 3.16. The van der Waals surface area contributed by atoms with Gasteiger partial charge in [0.1, 0.15) is 12.3 Å². The molecular weight excluding hydrogens is 221 g/mol. The fraction of sp³-hybridized carbons (Fsp3) is 0.769. The van der Waals surface area contributed by atoms with Crippen LogP contribution in [0.2, 0.25) is 0 Å². The Labute approximate surface area is 103 Å². The molecule has 0 N–H and O–H groups in total. The van der Waals surface area contributed by atoms with Crippen LogP contribution in [0.3, 0.4) is 0 Å². The standard InChI is InChI=1S/C13H22FNO2/c1-13(2,3)17-12(16)15-9-6-11(7-10-15)5-4-8-14/h4-5,11H,6-10H2,1-3H3/b5-4+. The Bertz CT molecular complexity index is 276. The van der Waals surface area contributed by atoms with Crippen LogP contribution in [0.5, 0.6) is 0 Å². The summed E-state index contributed by atoms with van der Waals surface area (Å²) < 4.78 is 17.3. The molecule has 0 aromatic heterocycles. The summed E-state index contributed by atoms with van der Waals surface area (Å²) >= 11 is 0. The zero-order chi connectivity index (χ0) is 12.9. The molecule has 0 aliphatic carbocycles. The molecule has 3 nitrogen and oxygen atoms in total. The number of rotatable bonds is 2. The third-order valence-electron chi connectivity index (χ3n) is 2.69. The van der Waals surface area contributed by atoms with Crippen molar-refractivity contribution >= 4 is 6.09 Å². The van der Waals surface area contributed by atoms with Crippen molar-refractivity contribution < 1.29 is 13.9 Å². The molecule has 0 aromatic rings. The number of amides is 1. The number of hydrogen-bond donors (Lipinski definition) is 0. The maximum atomic E-state index is 12.0. The lowest BCUT2D eigenvalue weighted by Gasteiger charge is -2.32. The van der Waals surface area contributed by atoms with Gasteiger partial charge in [-0.25, -0.2) is 9.18 Å². The predicted molar refractivity (Wildman–Crippen MR) is 65.6 cm³/mol. The molecule has 1 aliphatic rings. The van der Waals surface area contributed by atoms with Gasteiger partial charge in [0.2, 0.25) is 0 Å². The Morgan fingerprint density at radius 3 is 2.47 bits per heavy atom. The van der Waals surface area contributed by atoms with Gasteiger partial charge in [-0.15, -0.1) is 0 Å². The first-order valence-electron chi connectivity index (χ1n) is 6.13. The Morgan fingerprint density at radius 1 is 1.41 bits per heavy atom. The summed E-state index contributed by atoms with van der Waals surface area (Å²) in [4.78, 5) is 13.5. The van der Waals surface area contributed by atoms with E-state index in [1.165, 1.54) is 0 Å². The van der Waals surface area contributed by atoms with Crippen molar-refractivity contribution in [2.45, 2.75) is 39.2 Å². The van der Waals surface area contributed by atoms with Gasteiger partial charge in [0.15, 0.2) is 0 Å². The summed E-state index contributed by atoms with van der Waals surface area (Å²) in [5.41, 5.74) is -0.442. The second kappa shape index (κ2) is 6.03. The second-order valence-corrected chi connectivity index (χ2v) is 5.39. The topological polar surface area (TPSA) is 29.5 Å². The summed E-state index contributed by atoms with van der Waals surface area (Å²) in [6.07, 6.45) is 4.98. The van der Waals surface area contributed by atoms with Crippen LogP contribution in [-0.4, -0.2) is 36.4 Å². The molecular formula is C13H22FNO2. The lowest BCUT2D eigenvalue weighted by Crippen LogP contribution is -2.41. The van der Waals surface area contributed by atoms with E-state index in [-0.39, 0.29) is 6.09 Å². The van der Waals surface area contributed by atoms with E-state index in [1.54, 1.807) is 11.0 Å². The summed E-state index contributed by atoms with van der Waals surface area (Å²) in [5.74, 6) is 0.393. The van der Waals surface area contributed by atoms with Gasteiger partial charge in [-0.1, -0.05) is 12.2 Å². The fourth-order valence-corrected chi connectivity index (χ4v) is 1.84. The summed E-state index contributed by atoms with van der Waals surface area (Å²) in [6.45, 7) is 6.56. The Morgan fingerprint density at radius 2 is 2.00 bits per heavy atom. The van der Waals surface area contributed by atoms with Crippen LogP contribution >= 0.6 is 0 Å². The lowest BCUT2D eigenvalue weighted by molar-refractivity contribution is 0.0197. The minimum Gasteiger partial charge on any atom is -0.444 e. The normalized spacial score (nSPS) is 18.7. The SMILES string of the molecule is CC(C)(C)OC(=O)N1CCC(/C=C/CF)CC1. The van der Waals surface area contributed by atoms with Crippen LogP contribution in [0.1, 0.15) is 33.6 Å². The van der Waals surface area contributed by atoms with E-state index in [4.69, 9.17) is 4.74 Å². The van der Waals surface area contributed by atoms with Gasteiger partial charge in [-0.05, 0) is 39.5 Å². The van der Waals surface area contributed by atoms with Crippen molar-refractivity contribution in [3.63, 3.8) is 0 Å². The average Bonchev–Trinajstić information content (AvgIpc) is 2.24. The van der Waals surface area contributed by atoms with Crippen molar-refractivity contribution in [1.82, 2.24) is 4.90 Å². The van der Waals surface area contributed by atoms with Crippen LogP contribution in [0.25, 0.3) is 0 Å². The molecule has 1 fully saturated rings. The Kier molecular flexibility index (Phi) is 4.97. The molecule has 17 heavy (non-hydrogen) atoms. The molecule has 1 rings (SSSR count). The van der Waals surface area contributed by atoms with Crippen LogP contribution in [0.15, 0.2) is 12.2 Å². The van der Waals surface area contributed by atoms with Crippen LogP contribution < -0.4 is 0 Å². The number of carbonyl (C=O) groups is 1. The molecule has 1 aliphatic heterocycles. The first-order valence-corrected chi connectivity index (χ1v) is 6.13. The van der Waals surface area contributed by atoms with E-state index in [0.717, 1.165) is 12.8 Å². The monoisotopic (exact) mass is 243 g/mol. The van der Waals surface area contributed by atoms with E-state index in [2.05, 4.69) is 0 Å². The summed E-state index contributed by atoms with van der Waals surface area (Å²) in [5, 5.41) is 0. The second-order valence-electron chi connectivity index (χ2n) is 5.39. The smallest absolute Gasteiger partial charge is 0.410 e. The van der Waals surface area contributed by atoms with E-state index < -0.39 is 12.3 Å². The highest BCUT2D eigenvalue weighted by molar-refractivity contribution is 5.68. The molecule has 1 heterocycles. The van der Waals surface area contributed by atoms with E-state index >= 15 is 0 Å². The number of hydrogen-bond acceptors (Lipinski definition) is 2. The molecule has 1 saturated heterocycles. The molecule has 1 amide bonds. The Balaban J connectivity index is 2.36. The van der Waals surface area contributed by atoms with Gasteiger partial charge in [-0.3, -0.25) is 0 Å². The van der Waals surface area contributed by atoms with Gasteiger partial charge >= 0.3 is 6.09 Å². The maximum absolute atomic E-state index is 12.0. The largest absolute Gasteiger partial charge is 0.444 e. The zero-order valence-electron chi connectivity index (χ0n) is 10.9. The van der Waals surface area contributed by atoms with Crippen LogP contribution in [0.4, 0.5) is 9.18 Å². The molecule has 0 atom stereocenters.